The number of likely N-dealkylation sites (N-methyl/N-ethyl adjacent to an activating group) is 1. The number of sulfone groups is 1. The second-order valence-electron chi connectivity index (χ2n) is 5.59. The third-order valence-corrected chi connectivity index (χ3v) is 5.28. The van der Waals surface area contributed by atoms with Gasteiger partial charge in [-0.1, -0.05) is 12.1 Å². The Morgan fingerprint density at radius 1 is 1.26 bits per heavy atom. The number of rotatable bonds is 5. The molecule has 1 saturated carbocycles. The van der Waals surface area contributed by atoms with E-state index in [9.17, 15) is 8.42 Å². The van der Waals surface area contributed by atoms with Crippen LogP contribution in [0.15, 0.2) is 29.2 Å². The van der Waals surface area contributed by atoms with Crippen molar-refractivity contribution in [3.63, 3.8) is 0 Å². The summed E-state index contributed by atoms with van der Waals surface area (Å²) in [6.07, 6.45) is 4.81. The van der Waals surface area contributed by atoms with Crippen LogP contribution in [-0.4, -0.2) is 45.8 Å². The molecule has 0 bridgehead atoms. The molecule has 0 aliphatic heterocycles. The third kappa shape index (κ3) is 2.92. The van der Waals surface area contributed by atoms with E-state index >= 15 is 0 Å². The van der Waals surface area contributed by atoms with Gasteiger partial charge in [0.1, 0.15) is 0 Å². The first-order chi connectivity index (χ1) is 8.85. The number of hydrogen-bond acceptors (Lipinski definition) is 4. The lowest BCUT2D eigenvalue weighted by molar-refractivity contribution is 0.0738. The fraction of sp³-hybridized carbons (Fsp3) is 0.571. The van der Waals surface area contributed by atoms with E-state index in [2.05, 4.69) is 24.3 Å². The molecular formula is C14H22N2O2S. The summed E-state index contributed by atoms with van der Waals surface area (Å²) in [5.41, 5.74) is 0.878. The van der Waals surface area contributed by atoms with Gasteiger partial charge < -0.3 is 10.2 Å². The summed E-state index contributed by atoms with van der Waals surface area (Å²) in [4.78, 5) is 2.62. The van der Waals surface area contributed by atoms with Crippen LogP contribution in [0.4, 0.5) is 5.69 Å². The lowest BCUT2D eigenvalue weighted by Gasteiger charge is -2.47. The molecule has 1 aliphatic carbocycles. The van der Waals surface area contributed by atoms with Gasteiger partial charge in [-0.05, 0) is 45.5 Å². The van der Waals surface area contributed by atoms with Crippen LogP contribution in [0, 0.1) is 0 Å². The minimum atomic E-state index is -3.19. The zero-order valence-corrected chi connectivity index (χ0v) is 12.6. The Balaban J connectivity index is 2.17. The van der Waals surface area contributed by atoms with Gasteiger partial charge >= 0.3 is 0 Å². The smallest absolute Gasteiger partial charge is 0.177 e. The number of nitrogens with zero attached hydrogens (tertiary/aromatic N) is 1. The predicted molar refractivity (Wildman–Crippen MR) is 78.3 cm³/mol. The van der Waals surface area contributed by atoms with Crippen LogP contribution in [0.25, 0.3) is 0 Å². The van der Waals surface area contributed by atoms with Crippen LogP contribution < -0.4 is 5.32 Å². The number of nitrogens with one attached hydrogen (secondary N) is 1. The molecule has 1 fully saturated rings. The van der Waals surface area contributed by atoms with Crippen molar-refractivity contribution in [1.82, 2.24) is 4.90 Å². The van der Waals surface area contributed by atoms with Gasteiger partial charge in [-0.25, -0.2) is 8.42 Å². The zero-order chi connectivity index (χ0) is 14.1. The van der Waals surface area contributed by atoms with E-state index in [1.165, 1.54) is 12.7 Å². The van der Waals surface area contributed by atoms with Crippen molar-refractivity contribution in [1.29, 1.82) is 0 Å². The topological polar surface area (TPSA) is 49.4 Å². The fourth-order valence-corrected chi connectivity index (χ4v) is 3.43. The molecule has 0 aromatic heterocycles. The average molecular weight is 282 g/mol. The lowest BCUT2D eigenvalue weighted by atomic mass is 9.75. The zero-order valence-electron chi connectivity index (χ0n) is 11.8. The van der Waals surface area contributed by atoms with E-state index in [0.29, 0.717) is 10.6 Å². The molecule has 1 aromatic rings. The van der Waals surface area contributed by atoms with Gasteiger partial charge in [0.15, 0.2) is 9.84 Å². The van der Waals surface area contributed by atoms with Crippen LogP contribution in [0.2, 0.25) is 0 Å². The first-order valence-electron chi connectivity index (χ1n) is 6.56. The highest BCUT2D eigenvalue weighted by Crippen LogP contribution is 2.36. The molecule has 106 valence electrons. The molecule has 5 heteroatoms. The van der Waals surface area contributed by atoms with Gasteiger partial charge in [-0.3, -0.25) is 0 Å². The molecule has 4 nitrogen and oxygen atoms in total. The van der Waals surface area contributed by atoms with Crippen molar-refractivity contribution in [2.24, 2.45) is 0 Å². The van der Waals surface area contributed by atoms with Crippen LogP contribution >= 0.6 is 0 Å². The second kappa shape index (κ2) is 5.13. The van der Waals surface area contributed by atoms with Gasteiger partial charge in [0.2, 0.25) is 0 Å². The molecule has 0 amide bonds. The highest BCUT2D eigenvalue weighted by molar-refractivity contribution is 7.90. The number of benzene rings is 1. The number of hydrogen-bond donors (Lipinski definition) is 1. The first-order valence-corrected chi connectivity index (χ1v) is 8.45. The van der Waals surface area contributed by atoms with Crippen LogP contribution in [0.3, 0.4) is 0 Å². The average Bonchev–Trinajstić information content (AvgIpc) is 2.26. The number of anilines is 1. The summed E-state index contributed by atoms with van der Waals surface area (Å²) in [6, 6.07) is 7.10. The maximum absolute atomic E-state index is 11.7. The first kappa shape index (κ1) is 14.3. The van der Waals surface area contributed by atoms with Crippen molar-refractivity contribution >= 4 is 15.5 Å². The van der Waals surface area contributed by atoms with Crippen molar-refractivity contribution in [2.75, 3.05) is 32.2 Å². The molecule has 1 aliphatic rings. The Morgan fingerprint density at radius 2 is 1.89 bits per heavy atom. The van der Waals surface area contributed by atoms with Gasteiger partial charge in [0, 0.05) is 18.3 Å². The van der Waals surface area contributed by atoms with Gasteiger partial charge in [-0.2, -0.15) is 0 Å². The van der Waals surface area contributed by atoms with E-state index in [-0.39, 0.29) is 5.54 Å². The summed E-state index contributed by atoms with van der Waals surface area (Å²) in [5, 5.41) is 3.32. The molecule has 0 saturated heterocycles. The molecule has 0 heterocycles. The van der Waals surface area contributed by atoms with Crippen LogP contribution in [0.5, 0.6) is 0 Å². The maximum Gasteiger partial charge on any atom is 0.177 e. The SMILES string of the molecule is CN(C)C1(CNc2ccccc2S(C)(=O)=O)CCC1. The maximum atomic E-state index is 11.7. The largest absolute Gasteiger partial charge is 0.382 e. The minimum Gasteiger partial charge on any atom is -0.382 e. The normalized spacial score (nSPS) is 18.1. The van der Waals surface area contributed by atoms with E-state index in [1.807, 2.05) is 12.1 Å². The highest BCUT2D eigenvalue weighted by atomic mass is 32.2. The van der Waals surface area contributed by atoms with E-state index in [1.54, 1.807) is 12.1 Å². The third-order valence-electron chi connectivity index (χ3n) is 4.13. The van der Waals surface area contributed by atoms with Crippen LogP contribution in [0.1, 0.15) is 19.3 Å². The summed E-state index contributed by atoms with van der Waals surface area (Å²) in [5.74, 6) is 0. The Kier molecular flexibility index (Phi) is 3.87. The van der Waals surface area contributed by atoms with Crippen molar-refractivity contribution in [2.45, 2.75) is 29.7 Å². The Hall–Kier alpha value is -1.07. The molecule has 0 radical (unpaired) electrons. The molecule has 19 heavy (non-hydrogen) atoms. The lowest BCUT2D eigenvalue weighted by Crippen LogP contribution is -2.54. The van der Waals surface area contributed by atoms with Gasteiger partial charge in [-0.15, -0.1) is 0 Å². The molecular weight excluding hydrogens is 260 g/mol. The van der Waals surface area contributed by atoms with Crippen molar-refractivity contribution in [3.8, 4) is 0 Å². The Labute approximate surface area is 115 Å². The van der Waals surface area contributed by atoms with Crippen molar-refractivity contribution < 1.29 is 8.42 Å². The predicted octanol–water partition coefficient (Wildman–Crippen LogP) is 1.99. The highest BCUT2D eigenvalue weighted by Gasteiger charge is 2.38. The van der Waals surface area contributed by atoms with Gasteiger partial charge in [0.25, 0.3) is 0 Å². The fourth-order valence-electron chi connectivity index (χ4n) is 2.56. The standard InChI is InChI=1S/C14H22N2O2S/c1-16(2)14(9-6-10-14)11-15-12-7-4-5-8-13(12)19(3,17)18/h4-5,7-8,15H,6,9-11H2,1-3H3. The summed E-state index contributed by atoms with van der Waals surface area (Å²) in [7, 11) is 0.987. The van der Waals surface area contributed by atoms with Crippen LogP contribution in [-0.2, 0) is 9.84 Å². The second-order valence-corrected chi connectivity index (χ2v) is 7.58. The molecule has 0 atom stereocenters. The summed E-state index contributed by atoms with van der Waals surface area (Å²) in [6.45, 7) is 0.784. The van der Waals surface area contributed by atoms with Gasteiger partial charge in [0.05, 0.1) is 10.6 Å². The quantitative estimate of drug-likeness (QED) is 0.897. The molecule has 1 N–H and O–H groups in total. The van der Waals surface area contributed by atoms with E-state index in [0.717, 1.165) is 19.4 Å². The summed E-state index contributed by atoms with van der Waals surface area (Å²) < 4.78 is 23.5. The summed E-state index contributed by atoms with van der Waals surface area (Å²) >= 11 is 0. The monoisotopic (exact) mass is 282 g/mol. The molecule has 0 spiro atoms. The molecule has 2 rings (SSSR count). The Bertz CT molecular complexity index is 548. The van der Waals surface area contributed by atoms with E-state index in [4.69, 9.17) is 0 Å². The van der Waals surface area contributed by atoms with Crippen molar-refractivity contribution in [3.05, 3.63) is 24.3 Å². The molecule has 1 aromatic carbocycles. The van der Waals surface area contributed by atoms with E-state index < -0.39 is 9.84 Å². The number of para-hydroxylation sites is 1. The Morgan fingerprint density at radius 3 is 2.37 bits per heavy atom. The molecule has 0 unspecified atom stereocenters. The minimum absolute atomic E-state index is 0.171.